The number of amides is 1. The van der Waals surface area contributed by atoms with Crippen molar-refractivity contribution in [3.05, 3.63) is 115 Å². The number of carboxylic acid groups (broad SMARTS) is 1. The Hall–Kier alpha value is -3.84. The molecule has 3 aromatic carbocycles. The van der Waals surface area contributed by atoms with Crippen molar-refractivity contribution in [2.45, 2.75) is 0 Å². The van der Waals surface area contributed by atoms with Gasteiger partial charge >= 0.3 is 35.5 Å². The van der Waals surface area contributed by atoms with Gasteiger partial charge in [0, 0.05) is 41.3 Å². The summed E-state index contributed by atoms with van der Waals surface area (Å²) in [6.45, 7) is 0. The summed E-state index contributed by atoms with van der Waals surface area (Å²) < 4.78 is 0. The minimum atomic E-state index is -1.13. The van der Waals surface area contributed by atoms with E-state index in [0.29, 0.717) is 5.56 Å². The molecule has 0 spiro atoms. The second-order valence-corrected chi connectivity index (χ2v) is 7.76. The smallest absolute Gasteiger partial charge is 1.00 e. The maximum Gasteiger partial charge on any atom is 1.00 e. The summed E-state index contributed by atoms with van der Waals surface area (Å²) in [7, 11) is 0. The van der Waals surface area contributed by atoms with E-state index in [0.717, 1.165) is 33.0 Å². The summed E-state index contributed by atoms with van der Waals surface area (Å²) in [5.41, 5.74) is 3.85. The van der Waals surface area contributed by atoms with Gasteiger partial charge in [0.15, 0.2) is 0 Å². The molecule has 0 aliphatic carbocycles. The van der Waals surface area contributed by atoms with Crippen LogP contribution in [-0.4, -0.2) is 27.0 Å². The standard InChI is InChI=1S/C28H19N3O3.Na.H/c32-27(22-12-21(15-29-16-22)18-6-2-1-3-7-18)31-26-13-19(10-11-24(26)28(33)34)25-17-30-14-20-8-4-5-9-23(20)25;;/h1-17H,(H,31,32)(H,33,34);;/q;+1;-1. The number of aromatic carboxylic acids is 1. The van der Waals surface area contributed by atoms with E-state index in [1.54, 1.807) is 36.8 Å². The number of nitrogens with zero attached hydrogens (tertiary/aromatic N) is 2. The van der Waals surface area contributed by atoms with Crippen LogP contribution in [0.3, 0.4) is 0 Å². The van der Waals surface area contributed by atoms with Gasteiger partial charge in [-0.25, -0.2) is 4.79 Å². The van der Waals surface area contributed by atoms with Crippen LogP contribution >= 0.6 is 0 Å². The number of benzene rings is 3. The van der Waals surface area contributed by atoms with E-state index < -0.39 is 11.9 Å². The number of carbonyl (C=O) groups excluding carboxylic acids is 1. The minimum Gasteiger partial charge on any atom is -1.00 e. The quantitative estimate of drug-likeness (QED) is 0.386. The molecule has 0 fully saturated rings. The number of rotatable bonds is 5. The van der Waals surface area contributed by atoms with Crippen LogP contribution in [0.25, 0.3) is 33.0 Å². The van der Waals surface area contributed by atoms with E-state index in [-0.39, 0.29) is 42.2 Å². The first-order valence-electron chi connectivity index (χ1n) is 10.6. The van der Waals surface area contributed by atoms with Gasteiger partial charge in [0.05, 0.1) is 16.8 Å². The molecule has 2 aromatic heterocycles. The predicted octanol–water partition coefficient (Wildman–Crippen LogP) is 3.03. The normalized spacial score (nSPS) is 10.4. The van der Waals surface area contributed by atoms with Gasteiger partial charge < -0.3 is 11.8 Å². The molecule has 35 heavy (non-hydrogen) atoms. The van der Waals surface area contributed by atoms with Crippen LogP contribution < -0.4 is 34.9 Å². The third-order valence-electron chi connectivity index (χ3n) is 5.58. The molecular formula is C28H20N3NaO3. The van der Waals surface area contributed by atoms with E-state index in [4.69, 9.17) is 0 Å². The molecule has 0 saturated carbocycles. The molecule has 166 valence electrons. The number of hydrogen-bond acceptors (Lipinski definition) is 4. The largest absolute Gasteiger partial charge is 1.00 e. The zero-order chi connectivity index (χ0) is 23.5. The Bertz CT molecular complexity index is 1540. The van der Waals surface area contributed by atoms with Crippen molar-refractivity contribution in [3.63, 3.8) is 0 Å². The topological polar surface area (TPSA) is 92.2 Å². The second-order valence-electron chi connectivity index (χ2n) is 7.76. The van der Waals surface area contributed by atoms with Gasteiger partial charge in [0.1, 0.15) is 0 Å². The second kappa shape index (κ2) is 10.6. The predicted molar refractivity (Wildman–Crippen MR) is 133 cm³/mol. The van der Waals surface area contributed by atoms with Crippen molar-refractivity contribution in [2.24, 2.45) is 0 Å². The first-order chi connectivity index (χ1) is 16.6. The molecule has 0 bridgehead atoms. The molecule has 2 N–H and O–H groups in total. The number of pyridine rings is 2. The van der Waals surface area contributed by atoms with Gasteiger partial charge in [-0.1, -0.05) is 60.7 Å². The van der Waals surface area contributed by atoms with Gasteiger partial charge in [0.25, 0.3) is 5.91 Å². The van der Waals surface area contributed by atoms with Crippen LogP contribution in [0, 0.1) is 0 Å². The molecule has 6 nitrogen and oxygen atoms in total. The maximum absolute atomic E-state index is 13.1. The number of aromatic nitrogens is 2. The molecule has 0 radical (unpaired) electrons. The van der Waals surface area contributed by atoms with Crippen LogP contribution in [0.2, 0.25) is 0 Å². The first-order valence-corrected chi connectivity index (χ1v) is 10.6. The molecule has 0 saturated heterocycles. The monoisotopic (exact) mass is 469 g/mol. The van der Waals surface area contributed by atoms with Gasteiger partial charge in [-0.05, 0) is 34.7 Å². The molecule has 7 heteroatoms. The Morgan fingerprint density at radius 2 is 1.49 bits per heavy atom. The van der Waals surface area contributed by atoms with Gasteiger partial charge in [-0.2, -0.15) is 0 Å². The fraction of sp³-hybridized carbons (Fsp3) is 0. The van der Waals surface area contributed by atoms with Crippen molar-refractivity contribution in [3.8, 4) is 22.3 Å². The third kappa shape index (κ3) is 5.15. The summed E-state index contributed by atoms with van der Waals surface area (Å²) in [6, 6.07) is 24.0. The molecule has 0 atom stereocenters. The molecule has 2 heterocycles. The van der Waals surface area contributed by atoms with Crippen LogP contribution in [0.4, 0.5) is 5.69 Å². The number of nitrogens with one attached hydrogen (secondary N) is 1. The number of carbonyl (C=O) groups is 2. The molecule has 0 unspecified atom stereocenters. The van der Waals surface area contributed by atoms with Crippen molar-refractivity contribution in [1.29, 1.82) is 0 Å². The number of carboxylic acids is 1. The molecule has 0 aliphatic heterocycles. The van der Waals surface area contributed by atoms with Crippen LogP contribution in [0.5, 0.6) is 0 Å². The van der Waals surface area contributed by atoms with Gasteiger partial charge in [-0.15, -0.1) is 0 Å². The Morgan fingerprint density at radius 3 is 2.29 bits per heavy atom. The third-order valence-corrected chi connectivity index (χ3v) is 5.58. The van der Waals surface area contributed by atoms with Crippen molar-refractivity contribution in [1.82, 2.24) is 9.97 Å². The zero-order valence-corrected chi connectivity index (χ0v) is 21.0. The van der Waals surface area contributed by atoms with E-state index >= 15 is 0 Å². The number of anilines is 1. The Labute approximate surface area is 225 Å². The van der Waals surface area contributed by atoms with E-state index in [9.17, 15) is 14.7 Å². The Balaban J connectivity index is 0.00000180. The van der Waals surface area contributed by atoms with Crippen LogP contribution in [0.15, 0.2) is 104 Å². The fourth-order valence-electron chi connectivity index (χ4n) is 3.90. The van der Waals surface area contributed by atoms with Crippen molar-refractivity contribution < 1.29 is 45.7 Å². The van der Waals surface area contributed by atoms with Crippen molar-refractivity contribution in [2.75, 3.05) is 5.32 Å². The summed E-state index contributed by atoms with van der Waals surface area (Å²) in [6.07, 6.45) is 6.65. The summed E-state index contributed by atoms with van der Waals surface area (Å²) in [5.74, 6) is -1.57. The summed E-state index contributed by atoms with van der Waals surface area (Å²) >= 11 is 0. The molecule has 5 rings (SSSR count). The Kier molecular flexibility index (Phi) is 7.36. The molecule has 1 amide bonds. The van der Waals surface area contributed by atoms with Gasteiger partial charge in [-0.3, -0.25) is 14.8 Å². The SMILES string of the molecule is O=C(Nc1cc(-c2cncc3ccccc23)ccc1C(=O)O)c1cncc(-c2ccccc2)c1.[H-].[Na+]. The number of fused-ring (bicyclic) bond motifs is 1. The molecular weight excluding hydrogens is 449 g/mol. The van der Waals surface area contributed by atoms with E-state index in [1.165, 1.54) is 12.3 Å². The summed E-state index contributed by atoms with van der Waals surface area (Å²) in [4.78, 5) is 33.4. The maximum atomic E-state index is 13.1. The van der Waals surface area contributed by atoms with E-state index in [2.05, 4.69) is 15.3 Å². The molecule has 0 aliphatic rings. The van der Waals surface area contributed by atoms with Crippen molar-refractivity contribution >= 4 is 28.3 Å². The van der Waals surface area contributed by atoms with Gasteiger partial charge in [0.2, 0.25) is 0 Å². The fourth-order valence-corrected chi connectivity index (χ4v) is 3.90. The minimum absolute atomic E-state index is 0. The van der Waals surface area contributed by atoms with E-state index in [1.807, 2.05) is 54.6 Å². The molecule has 5 aromatic rings. The number of hydrogen-bond donors (Lipinski definition) is 2. The van der Waals surface area contributed by atoms with Crippen LogP contribution in [0.1, 0.15) is 22.1 Å². The van der Waals surface area contributed by atoms with Crippen LogP contribution in [-0.2, 0) is 0 Å². The average molecular weight is 469 g/mol. The average Bonchev–Trinajstić information content (AvgIpc) is 2.88. The summed E-state index contributed by atoms with van der Waals surface area (Å²) in [5, 5.41) is 14.4. The zero-order valence-electron chi connectivity index (χ0n) is 20.0. The first kappa shape index (κ1) is 24.3. The Morgan fingerprint density at radius 1 is 0.743 bits per heavy atom.